The van der Waals surface area contributed by atoms with Gasteiger partial charge >= 0.3 is 0 Å². The maximum absolute atomic E-state index is 4.17. The number of pyridine rings is 1. The van der Waals surface area contributed by atoms with Crippen LogP contribution in [0.15, 0.2) is 121 Å². The van der Waals surface area contributed by atoms with Crippen molar-refractivity contribution >= 4 is 11.1 Å². The predicted octanol–water partition coefficient (Wildman–Crippen LogP) is 6.09. The van der Waals surface area contributed by atoms with Gasteiger partial charge in [0, 0.05) is 12.4 Å². The molecule has 0 atom stereocenters. The highest BCUT2D eigenvalue weighted by Crippen LogP contribution is 2.36. The maximum Gasteiger partial charge on any atom is 0.0273 e. The summed E-state index contributed by atoms with van der Waals surface area (Å²) in [5.74, 6) is 0. The van der Waals surface area contributed by atoms with Gasteiger partial charge in [0.15, 0.2) is 0 Å². The average Bonchev–Trinajstić information content (AvgIpc) is 2.97. The van der Waals surface area contributed by atoms with Crippen LogP contribution in [0.4, 0.5) is 0 Å². The van der Waals surface area contributed by atoms with Gasteiger partial charge in [-0.15, -0.1) is 0 Å². The summed E-state index contributed by atoms with van der Waals surface area (Å²) in [5, 5.41) is 0. The van der Waals surface area contributed by atoms with E-state index in [4.69, 9.17) is 0 Å². The molecule has 0 N–H and O–H groups in total. The molecule has 1 heterocycles. The molecule has 1 heteroatoms. The second-order valence-electron chi connectivity index (χ2n) is 6.08. The second-order valence-corrected chi connectivity index (χ2v) is 6.08. The highest BCUT2D eigenvalue weighted by Gasteiger charge is 2.15. The van der Waals surface area contributed by atoms with Crippen molar-refractivity contribution in [1.82, 2.24) is 4.98 Å². The van der Waals surface area contributed by atoms with Gasteiger partial charge in [-0.05, 0) is 45.5 Å². The monoisotopic (exact) mass is 333 g/mol. The summed E-state index contributed by atoms with van der Waals surface area (Å²) in [6.07, 6.45) is 14.3. The third kappa shape index (κ3) is 3.33. The third-order valence-corrected chi connectivity index (χ3v) is 4.42. The largest absolute Gasteiger partial charge is 0.265 e. The van der Waals surface area contributed by atoms with E-state index in [1.807, 2.05) is 12.4 Å². The molecule has 3 aromatic rings. The van der Waals surface area contributed by atoms with E-state index >= 15 is 0 Å². The third-order valence-electron chi connectivity index (χ3n) is 4.42. The first-order valence-electron chi connectivity index (χ1n) is 8.74. The number of nitrogens with zero attached hydrogens (tertiary/aromatic N) is 1. The van der Waals surface area contributed by atoms with Gasteiger partial charge in [0.1, 0.15) is 0 Å². The van der Waals surface area contributed by atoms with Crippen LogP contribution in [0.5, 0.6) is 0 Å². The summed E-state index contributed by atoms with van der Waals surface area (Å²) >= 11 is 0. The van der Waals surface area contributed by atoms with Crippen LogP contribution in [-0.2, 0) is 0 Å². The van der Waals surface area contributed by atoms with Crippen LogP contribution >= 0.6 is 0 Å². The molecule has 0 radical (unpaired) electrons. The van der Waals surface area contributed by atoms with Gasteiger partial charge in [-0.3, -0.25) is 4.98 Å². The van der Waals surface area contributed by atoms with Gasteiger partial charge in [0.25, 0.3) is 0 Å². The van der Waals surface area contributed by atoms with Crippen LogP contribution in [-0.4, -0.2) is 4.98 Å². The van der Waals surface area contributed by atoms with Gasteiger partial charge in [-0.1, -0.05) is 91.0 Å². The standard InChI is InChI=1S/C25H19N/c1-4-10-21(11-5-1)25(22-12-6-2-7-13-22)24-15-9-3-8-14-23(24)20-16-18-26-19-17-20/h1-19H. The minimum atomic E-state index is 1.16. The quantitative estimate of drug-likeness (QED) is 0.565. The number of rotatable bonds is 3. The molecule has 4 rings (SSSR count). The van der Waals surface area contributed by atoms with Crippen LogP contribution in [0, 0.1) is 0 Å². The highest BCUT2D eigenvalue weighted by molar-refractivity contribution is 5.97. The number of allylic oxidation sites excluding steroid dienone is 7. The van der Waals surface area contributed by atoms with Crippen molar-refractivity contribution in [3.63, 3.8) is 0 Å². The Bertz CT molecular complexity index is 950. The molecule has 0 amide bonds. The van der Waals surface area contributed by atoms with E-state index in [0.717, 1.165) is 5.56 Å². The van der Waals surface area contributed by atoms with E-state index in [2.05, 4.69) is 108 Å². The molecule has 0 bridgehead atoms. The van der Waals surface area contributed by atoms with Crippen molar-refractivity contribution in [2.45, 2.75) is 0 Å². The summed E-state index contributed by atoms with van der Waals surface area (Å²) in [6.45, 7) is 0. The molecular weight excluding hydrogens is 314 g/mol. The van der Waals surface area contributed by atoms with Gasteiger partial charge in [0.2, 0.25) is 0 Å². The lowest BCUT2D eigenvalue weighted by Gasteiger charge is -2.17. The molecule has 0 unspecified atom stereocenters. The summed E-state index contributed by atoms with van der Waals surface area (Å²) in [5.41, 5.74) is 7.21. The summed E-state index contributed by atoms with van der Waals surface area (Å²) in [6, 6.07) is 25.3. The molecule has 1 aliphatic carbocycles. The molecular formula is C25H19N. The molecule has 1 aromatic heterocycles. The molecule has 0 spiro atoms. The lowest BCUT2D eigenvalue weighted by molar-refractivity contribution is 1.31. The molecule has 26 heavy (non-hydrogen) atoms. The molecule has 1 aliphatic rings. The van der Waals surface area contributed by atoms with E-state index in [1.54, 1.807) is 0 Å². The first kappa shape index (κ1) is 16.0. The zero-order valence-corrected chi connectivity index (χ0v) is 14.4. The smallest absolute Gasteiger partial charge is 0.0273 e. The molecule has 124 valence electrons. The first-order chi connectivity index (χ1) is 12.9. The molecule has 2 aromatic carbocycles. The zero-order chi connectivity index (χ0) is 17.6. The summed E-state index contributed by atoms with van der Waals surface area (Å²) in [4.78, 5) is 4.17. The van der Waals surface area contributed by atoms with E-state index in [0.29, 0.717) is 0 Å². The summed E-state index contributed by atoms with van der Waals surface area (Å²) in [7, 11) is 0. The Balaban J connectivity index is 2.01. The summed E-state index contributed by atoms with van der Waals surface area (Å²) < 4.78 is 0. The number of hydrogen-bond acceptors (Lipinski definition) is 1. The Morgan fingerprint density at radius 1 is 0.615 bits per heavy atom. The Labute approximate surface area is 154 Å². The van der Waals surface area contributed by atoms with Gasteiger partial charge in [-0.25, -0.2) is 0 Å². The normalized spacial score (nSPS) is 13.2. The van der Waals surface area contributed by atoms with Gasteiger partial charge < -0.3 is 0 Å². The van der Waals surface area contributed by atoms with Gasteiger partial charge in [0.05, 0.1) is 0 Å². The van der Waals surface area contributed by atoms with Crippen LogP contribution in [0.25, 0.3) is 11.1 Å². The van der Waals surface area contributed by atoms with Crippen molar-refractivity contribution in [3.8, 4) is 0 Å². The fourth-order valence-electron chi connectivity index (χ4n) is 3.24. The average molecular weight is 333 g/mol. The van der Waals surface area contributed by atoms with Crippen LogP contribution < -0.4 is 0 Å². The number of aromatic nitrogens is 1. The lowest BCUT2D eigenvalue weighted by atomic mass is 9.87. The van der Waals surface area contributed by atoms with E-state index in [1.165, 1.54) is 27.8 Å². The first-order valence-corrected chi connectivity index (χ1v) is 8.74. The van der Waals surface area contributed by atoms with Crippen molar-refractivity contribution in [3.05, 3.63) is 138 Å². The van der Waals surface area contributed by atoms with Crippen molar-refractivity contribution < 1.29 is 0 Å². The maximum atomic E-state index is 4.17. The SMILES string of the molecule is C1=CC=C(c2ccncc2)C(=C(c2ccccc2)c2ccccc2)C=C1. The van der Waals surface area contributed by atoms with Gasteiger partial charge in [-0.2, -0.15) is 0 Å². The van der Waals surface area contributed by atoms with Crippen molar-refractivity contribution in [1.29, 1.82) is 0 Å². The zero-order valence-electron chi connectivity index (χ0n) is 14.4. The topological polar surface area (TPSA) is 12.9 Å². The number of hydrogen-bond donors (Lipinski definition) is 0. The molecule has 0 saturated carbocycles. The number of benzene rings is 2. The predicted molar refractivity (Wildman–Crippen MR) is 109 cm³/mol. The van der Waals surface area contributed by atoms with E-state index in [9.17, 15) is 0 Å². The molecule has 1 nitrogen and oxygen atoms in total. The minimum Gasteiger partial charge on any atom is -0.265 e. The Hall–Kier alpha value is -3.45. The van der Waals surface area contributed by atoms with E-state index < -0.39 is 0 Å². The van der Waals surface area contributed by atoms with Crippen LogP contribution in [0.3, 0.4) is 0 Å². The van der Waals surface area contributed by atoms with Crippen LogP contribution in [0.2, 0.25) is 0 Å². The Morgan fingerprint density at radius 2 is 1.23 bits per heavy atom. The fraction of sp³-hybridized carbons (Fsp3) is 0. The Kier molecular flexibility index (Phi) is 4.70. The second kappa shape index (κ2) is 7.62. The van der Waals surface area contributed by atoms with E-state index in [-0.39, 0.29) is 0 Å². The fourth-order valence-corrected chi connectivity index (χ4v) is 3.24. The minimum absolute atomic E-state index is 1.16. The lowest BCUT2D eigenvalue weighted by Crippen LogP contribution is -1.96. The molecule has 0 saturated heterocycles. The van der Waals surface area contributed by atoms with Crippen molar-refractivity contribution in [2.75, 3.05) is 0 Å². The van der Waals surface area contributed by atoms with Crippen molar-refractivity contribution in [2.24, 2.45) is 0 Å². The highest BCUT2D eigenvalue weighted by atomic mass is 14.6. The van der Waals surface area contributed by atoms with Crippen LogP contribution in [0.1, 0.15) is 16.7 Å². The molecule has 0 aliphatic heterocycles. The molecule has 0 fully saturated rings. The Morgan fingerprint density at radius 3 is 1.85 bits per heavy atom.